The van der Waals surface area contributed by atoms with Gasteiger partial charge in [-0.05, 0) is 36.2 Å². The highest BCUT2D eigenvalue weighted by atomic mass is 32.2. The largest absolute Gasteiger partial charge is 0.453 e. The van der Waals surface area contributed by atoms with Crippen LogP contribution in [0.5, 0.6) is 0 Å². The molecule has 0 aliphatic carbocycles. The van der Waals surface area contributed by atoms with Crippen molar-refractivity contribution in [3.8, 4) is 0 Å². The lowest BCUT2D eigenvalue weighted by Crippen LogP contribution is -2.35. The molecule has 12 heteroatoms. The predicted octanol–water partition coefficient (Wildman–Crippen LogP) is 2.85. The van der Waals surface area contributed by atoms with E-state index >= 15 is 0 Å². The fraction of sp³-hybridized carbons (Fsp3) is 0.292. The van der Waals surface area contributed by atoms with Crippen LogP contribution in [0.1, 0.15) is 31.2 Å². The molecule has 0 saturated heterocycles. The van der Waals surface area contributed by atoms with Gasteiger partial charge in [0.2, 0.25) is 10.0 Å². The third kappa shape index (κ3) is 5.50. The van der Waals surface area contributed by atoms with Crippen molar-refractivity contribution in [2.24, 2.45) is 0 Å². The first-order valence-electron chi connectivity index (χ1n) is 11.0. The molecule has 1 aliphatic rings. The number of amides is 3. The van der Waals surface area contributed by atoms with E-state index in [-0.39, 0.29) is 36.0 Å². The van der Waals surface area contributed by atoms with E-state index in [1.165, 1.54) is 71.1 Å². The van der Waals surface area contributed by atoms with Gasteiger partial charge in [0.25, 0.3) is 11.8 Å². The first-order chi connectivity index (χ1) is 17.2. The van der Waals surface area contributed by atoms with Gasteiger partial charge in [-0.1, -0.05) is 12.2 Å². The Kier molecular flexibility index (Phi) is 8.66. The molecule has 2 N–H and O–H groups in total. The van der Waals surface area contributed by atoms with Gasteiger partial charge in [0, 0.05) is 37.1 Å². The van der Waals surface area contributed by atoms with E-state index in [0.717, 1.165) is 10.4 Å². The Labute approximate surface area is 214 Å². The van der Waals surface area contributed by atoms with Crippen molar-refractivity contribution in [1.82, 2.24) is 14.5 Å². The van der Waals surface area contributed by atoms with Gasteiger partial charge < -0.3 is 20.3 Å². The molecule has 36 heavy (non-hydrogen) atoms. The summed E-state index contributed by atoms with van der Waals surface area (Å²) < 4.78 is 31.8. The van der Waals surface area contributed by atoms with E-state index in [0.29, 0.717) is 23.5 Å². The van der Waals surface area contributed by atoms with Gasteiger partial charge in [0.1, 0.15) is 5.00 Å². The van der Waals surface area contributed by atoms with Crippen LogP contribution >= 0.6 is 11.3 Å². The zero-order valence-electron chi connectivity index (χ0n) is 20.1. The number of methoxy groups -OCH3 is 1. The Morgan fingerprint density at radius 1 is 1.14 bits per heavy atom. The van der Waals surface area contributed by atoms with E-state index in [1.54, 1.807) is 0 Å². The Morgan fingerprint density at radius 2 is 1.78 bits per heavy atom. The summed E-state index contributed by atoms with van der Waals surface area (Å²) in [5.74, 6) is -0.846. The van der Waals surface area contributed by atoms with Crippen LogP contribution in [0.3, 0.4) is 0 Å². The molecule has 2 aromatic rings. The smallest absolute Gasteiger partial charge is 0.409 e. The summed E-state index contributed by atoms with van der Waals surface area (Å²) in [5.41, 5.74) is 1.36. The molecule has 0 saturated carbocycles. The van der Waals surface area contributed by atoms with E-state index in [9.17, 15) is 22.8 Å². The number of carbonyl (C=O) groups is 3. The zero-order chi connectivity index (χ0) is 26.5. The SMILES string of the molecule is C=CCN(CC=C)S(=O)(=O)c1ccc(C(=O)Nc2sc3c(c2C(=O)NC)CCN(C(=O)OC)C3)cc1. The Balaban J connectivity index is 1.86. The second kappa shape index (κ2) is 11.5. The molecule has 1 aliphatic heterocycles. The van der Waals surface area contributed by atoms with Crippen LogP contribution in [0.4, 0.5) is 9.80 Å². The number of hydrogen-bond acceptors (Lipinski definition) is 7. The van der Waals surface area contributed by atoms with Crippen molar-refractivity contribution in [2.45, 2.75) is 17.9 Å². The van der Waals surface area contributed by atoms with Crippen molar-refractivity contribution < 1.29 is 27.5 Å². The van der Waals surface area contributed by atoms with Gasteiger partial charge >= 0.3 is 6.09 Å². The molecule has 192 valence electrons. The molecule has 0 fully saturated rings. The number of hydrogen-bond donors (Lipinski definition) is 2. The minimum atomic E-state index is -3.80. The molecular formula is C24H28N4O6S2. The second-order valence-electron chi connectivity index (χ2n) is 7.81. The van der Waals surface area contributed by atoms with Crippen LogP contribution in [0.15, 0.2) is 54.5 Å². The molecule has 3 amide bonds. The maximum Gasteiger partial charge on any atom is 0.409 e. The number of sulfonamides is 1. The highest BCUT2D eigenvalue weighted by Gasteiger charge is 2.30. The Bertz CT molecular complexity index is 1270. The lowest BCUT2D eigenvalue weighted by molar-refractivity contribution is 0.0962. The minimum absolute atomic E-state index is 0.0308. The summed E-state index contributed by atoms with van der Waals surface area (Å²) in [7, 11) is -0.990. The zero-order valence-corrected chi connectivity index (χ0v) is 21.7. The van der Waals surface area contributed by atoms with Gasteiger partial charge in [0.05, 0.1) is 24.1 Å². The fourth-order valence-corrected chi connectivity index (χ4v) is 6.44. The molecule has 2 heterocycles. The molecule has 0 atom stereocenters. The highest BCUT2D eigenvalue weighted by molar-refractivity contribution is 7.89. The van der Waals surface area contributed by atoms with Gasteiger partial charge in [-0.15, -0.1) is 24.5 Å². The molecule has 0 radical (unpaired) electrons. The van der Waals surface area contributed by atoms with Crippen LogP contribution in [-0.2, 0) is 27.7 Å². The molecule has 1 aromatic carbocycles. The summed E-state index contributed by atoms with van der Waals surface area (Å²) in [6.45, 7) is 8.07. The monoisotopic (exact) mass is 532 g/mol. The third-order valence-electron chi connectivity index (χ3n) is 5.59. The van der Waals surface area contributed by atoms with Crippen LogP contribution in [0.2, 0.25) is 0 Å². The van der Waals surface area contributed by atoms with Gasteiger partial charge in [0.15, 0.2) is 0 Å². The van der Waals surface area contributed by atoms with Gasteiger partial charge in [-0.25, -0.2) is 13.2 Å². The van der Waals surface area contributed by atoms with Crippen molar-refractivity contribution in [1.29, 1.82) is 0 Å². The highest BCUT2D eigenvalue weighted by Crippen LogP contribution is 2.37. The Morgan fingerprint density at radius 3 is 2.33 bits per heavy atom. The molecule has 0 unspecified atom stereocenters. The van der Waals surface area contributed by atoms with Crippen LogP contribution in [0.25, 0.3) is 0 Å². The van der Waals surface area contributed by atoms with Crippen molar-refractivity contribution in [3.05, 3.63) is 71.1 Å². The standard InChI is InChI=1S/C24H28N4O6S2/c1-5-12-28(13-6-2)36(32,33)17-9-7-16(8-10-17)21(29)26-23-20(22(30)25-3)18-11-14-27(24(31)34-4)15-19(18)35-23/h5-10H,1-2,11-15H2,3-4H3,(H,25,30)(H,26,29). The number of nitrogens with zero attached hydrogens (tertiary/aromatic N) is 2. The first kappa shape index (κ1) is 27.1. The first-order valence-corrected chi connectivity index (χ1v) is 13.3. The topological polar surface area (TPSA) is 125 Å². The van der Waals surface area contributed by atoms with E-state index in [1.807, 2.05) is 0 Å². The molecule has 0 spiro atoms. The summed E-state index contributed by atoms with van der Waals surface area (Å²) in [4.78, 5) is 39.9. The minimum Gasteiger partial charge on any atom is -0.453 e. The summed E-state index contributed by atoms with van der Waals surface area (Å²) in [6.07, 6.45) is 2.95. The lowest BCUT2D eigenvalue weighted by atomic mass is 10.0. The fourth-order valence-electron chi connectivity index (χ4n) is 3.80. The number of thiophene rings is 1. The van der Waals surface area contributed by atoms with Crippen molar-refractivity contribution in [2.75, 3.05) is 39.1 Å². The van der Waals surface area contributed by atoms with Crippen LogP contribution in [-0.4, -0.2) is 69.3 Å². The number of fused-ring (bicyclic) bond motifs is 1. The summed E-state index contributed by atoms with van der Waals surface area (Å²) in [5, 5.41) is 5.73. The molecule has 1 aromatic heterocycles. The molecule has 3 rings (SSSR count). The average Bonchev–Trinajstić information content (AvgIpc) is 3.24. The number of anilines is 1. The van der Waals surface area contributed by atoms with Crippen molar-refractivity contribution >= 4 is 44.3 Å². The Hall–Kier alpha value is -3.48. The van der Waals surface area contributed by atoms with E-state index in [2.05, 4.69) is 23.8 Å². The van der Waals surface area contributed by atoms with E-state index in [4.69, 9.17) is 4.74 Å². The maximum atomic E-state index is 13.0. The molecule has 10 nitrogen and oxygen atoms in total. The van der Waals surface area contributed by atoms with Gasteiger partial charge in [-0.3, -0.25) is 9.59 Å². The number of nitrogens with one attached hydrogen (secondary N) is 2. The predicted molar refractivity (Wildman–Crippen MR) is 138 cm³/mol. The third-order valence-corrected chi connectivity index (χ3v) is 8.57. The number of benzene rings is 1. The normalized spacial score (nSPS) is 13.0. The van der Waals surface area contributed by atoms with Crippen LogP contribution < -0.4 is 10.6 Å². The lowest BCUT2D eigenvalue weighted by Gasteiger charge is -2.25. The average molecular weight is 533 g/mol. The summed E-state index contributed by atoms with van der Waals surface area (Å²) >= 11 is 1.22. The van der Waals surface area contributed by atoms with Crippen LogP contribution in [0, 0.1) is 0 Å². The quantitative estimate of drug-likeness (QED) is 0.479. The van der Waals surface area contributed by atoms with Gasteiger partial charge in [-0.2, -0.15) is 4.31 Å². The maximum absolute atomic E-state index is 13.0. The number of rotatable bonds is 9. The van der Waals surface area contributed by atoms with E-state index < -0.39 is 22.0 Å². The number of ether oxygens (including phenoxy) is 1. The molecule has 0 bridgehead atoms. The summed E-state index contributed by atoms with van der Waals surface area (Å²) in [6, 6.07) is 5.54. The molecular weight excluding hydrogens is 504 g/mol. The second-order valence-corrected chi connectivity index (χ2v) is 10.8. The van der Waals surface area contributed by atoms with Crippen molar-refractivity contribution in [3.63, 3.8) is 0 Å². The number of carbonyl (C=O) groups excluding carboxylic acids is 3.